The highest BCUT2D eigenvalue weighted by atomic mass is 16.5. The van der Waals surface area contributed by atoms with Crippen LogP contribution in [0.4, 0.5) is 0 Å². The maximum Gasteiger partial charge on any atom is 0.246 e. The third kappa shape index (κ3) is 5.55. The van der Waals surface area contributed by atoms with E-state index in [-0.39, 0.29) is 5.91 Å². The first-order valence-corrected chi connectivity index (χ1v) is 12.3. The number of carbonyl (C=O) groups is 1. The van der Waals surface area contributed by atoms with Crippen LogP contribution < -0.4 is 4.74 Å². The van der Waals surface area contributed by atoms with Gasteiger partial charge in [-0.05, 0) is 36.4 Å². The second kappa shape index (κ2) is 11.1. The molecule has 0 aliphatic carbocycles. The van der Waals surface area contributed by atoms with E-state index in [1.165, 1.54) is 0 Å². The molecule has 1 fully saturated rings. The Kier molecular flexibility index (Phi) is 7.28. The Hall–Kier alpha value is -4.42. The van der Waals surface area contributed by atoms with Crippen molar-refractivity contribution in [3.63, 3.8) is 0 Å². The van der Waals surface area contributed by atoms with E-state index in [0.29, 0.717) is 44.3 Å². The molecule has 1 aliphatic heterocycles. The number of nitrogens with zero attached hydrogens (tertiary/aromatic N) is 6. The van der Waals surface area contributed by atoms with Gasteiger partial charge in [-0.1, -0.05) is 23.4 Å². The highest BCUT2D eigenvalue weighted by molar-refractivity contribution is 5.96. The number of amides is 1. The maximum atomic E-state index is 12.9. The first-order valence-electron chi connectivity index (χ1n) is 12.3. The second-order valence-electron chi connectivity index (χ2n) is 8.88. The molecule has 2 aromatic heterocycles. The molecule has 37 heavy (non-hydrogen) atoms. The van der Waals surface area contributed by atoms with Crippen LogP contribution in [0.25, 0.3) is 28.4 Å². The van der Waals surface area contributed by atoms with Crippen molar-refractivity contribution in [3.8, 4) is 23.2 Å². The summed E-state index contributed by atoms with van der Waals surface area (Å²) in [7, 11) is 1.63. The summed E-state index contributed by atoms with van der Waals surface area (Å²) >= 11 is 0. The van der Waals surface area contributed by atoms with Gasteiger partial charge in [-0.2, -0.15) is 10.2 Å². The van der Waals surface area contributed by atoms with Crippen LogP contribution in [0.3, 0.4) is 0 Å². The molecule has 4 aromatic rings. The number of hydrogen-bond acceptors (Lipinski definition) is 7. The van der Waals surface area contributed by atoms with Crippen LogP contribution in [0.15, 0.2) is 65.3 Å². The summed E-state index contributed by atoms with van der Waals surface area (Å²) in [5, 5.41) is 14.1. The molecule has 0 saturated carbocycles. The van der Waals surface area contributed by atoms with E-state index in [4.69, 9.17) is 14.5 Å². The summed E-state index contributed by atoms with van der Waals surface area (Å²) in [5.41, 5.74) is 2.91. The summed E-state index contributed by atoms with van der Waals surface area (Å²) in [4.78, 5) is 21.5. The molecular formula is C28H28N6O3. The highest BCUT2D eigenvalue weighted by Crippen LogP contribution is 2.23. The van der Waals surface area contributed by atoms with Gasteiger partial charge in [0, 0.05) is 67.0 Å². The van der Waals surface area contributed by atoms with E-state index in [2.05, 4.69) is 25.7 Å². The third-order valence-corrected chi connectivity index (χ3v) is 6.55. The van der Waals surface area contributed by atoms with Gasteiger partial charge in [-0.25, -0.2) is 0 Å². The zero-order valence-electron chi connectivity index (χ0n) is 20.7. The molecule has 9 nitrogen and oxygen atoms in total. The summed E-state index contributed by atoms with van der Waals surface area (Å²) in [5.74, 6) is 1.87. The molecule has 0 N–H and O–H groups in total. The van der Waals surface area contributed by atoms with Gasteiger partial charge < -0.3 is 18.7 Å². The van der Waals surface area contributed by atoms with Gasteiger partial charge in [-0.15, -0.1) is 0 Å². The Morgan fingerprint density at radius 3 is 2.68 bits per heavy atom. The van der Waals surface area contributed by atoms with Gasteiger partial charge in [0.2, 0.25) is 17.6 Å². The molecule has 1 saturated heterocycles. The predicted octanol–water partition coefficient (Wildman–Crippen LogP) is 3.97. The molecule has 9 heteroatoms. The highest BCUT2D eigenvalue weighted by Gasteiger charge is 2.22. The fourth-order valence-electron chi connectivity index (χ4n) is 4.52. The van der Waals surface area contributed by atoms with E-state index in [9.17, 15) is 4.79 Å². The van der Waals surface area contributed by atoms with Gasteiger partial charge in [0.1, 0.15) is 5.75 Å². The number of ether oxygens (including phenoxy) is 1. The Bertz CT molecular complexity index is 1440. The van der Waals surface area contributed by atoms with E-state index in [0.717, 1.165) is 40.9 Å². The SMILES string of the molecule is COc1ccc(-c2noc(CN3CCN(C(=O)/C=C/c4cn(CCC#N)c5ccccc45)CC3)n2)cc1. The average molecular weight is 497 g/mol. The molecule has 5 rings (SSSR count). The second-order valence-corrected chi connectivity index (χ2v) is 8.88. The number of aromatic nitrogens is 3. The molecule has 3 heterocycles. The predicted molar refractivity (Wildman–Crippen MR) is 139 cm³/mol. The van der Waals surface area contributed by atoms with Gasteiger partial charge >= 0.3 is 0 Å². The van der Waals surface area contributed by atoms with Crippen LogP contribution in [0.1, 0.15) is 17.9 Å². The number of hydrogen-bond donors (Lipinski definition) is 0. The molecule has 188 valence electrons. The summed E-state index contributed by atoms with van der Waals surface area (Å²) in [6, 6.07) is 17.8. The van der Waals surface area contributed by atoms with Gasteiger partial charge in [-0.3, -0.25) is 9.69 Å². The molecular weight excluding hydrogens is 468 g/mol. The lowest BCUT2D eigenvalue weighted by atomic mass is 10.1. The third-order valence-electron chi connectivity index (χ3n) is 6.55. The Labute approximate surface area is 215 Å². The fourth-order valence-corrected chi connectivity index (χ4v) is 4.52. The van der Waals surface area contributed by atoms with Crippen LogP contribution in [-0.2, 0) is 17.9 Å². The van der Waals surface area contributed by atoms with E-state index < -0.39 is 0 Å². The molecule has 0 bridgehead atoms. The number of rotatable bonds is 8. The normalized spacial score (nSPS) is 14.3. The summed E-state index contributed by atoms with van der Waals surface area (Å²) in [6.07, 6.45) is 5.97. The lowest BCUT2D eigenvalue weighted by molar-refractivity contribution is -0.127. The number of nitriles is 1. The maximum absolute atomic E-state index is 12.9. The molecule has 1 amide bonds. The number of aryl methyl sites for hydroxylation is 1. The molecule has 1 aliphatic rings. The molecule has 0 radical (unpaired) electrons. The minimum absolute atomic E-state index is 0.00640. The lowest BCUT2D eigenvalue weighted by Crippen LogP contribution is -2.47. The zero-order chi connectivity index (χ0) is 25.6. The number of piperazine rings is 1. The minimum atomic E-state index is -0.00640. The molecule has 2 aromatic carbocycles. The monoisotopic (exact) mass is 496 g/mol. The zero-order valence-corrected chi connectivity index (χ0v) is 20.7. The van der Waals surface area contributed by atoms with Crippen molar-refractivity contribution < 1.29 is 14.1 Å². The van der Waals surface area contributed by atoms with Crippen LogP contribution in [0.5, 0.6) is 5.75 Å². The van der Waals surface area contributed by atoms with E-state index >= 15 is 0 Å². The Morgan fingerprint density at radius 2 is 1.92 bits per heavy atom. The van der Waals surface area contributed by atoms with Crippen LogP contribution in [0.2, 0.25) is 0 Å². The Morgan fingerprint density at radius 1 is 1.14 bits per heavy atom. The molecule has 0 spiro atoms. The number of para-hydroxylation sites is 1. The topological polar surface area (TPSA) is 100 Å². The first kappa shape index (κ1) is 24.3. The largest absolute Gasteiger partial charge is 0.497 e. The lowest BCUT2D eigenvalue weighted by Gasteiger charge is -2.33. The van der Waals surface area contributed by atoms with E-state index in [1.54, 1.807) is 13.2 Å². The van der Waals surface area contributed by atoms with Crippen molar-refractivity contribution in [2.45, 2.75) is 19.5 Å². The van der Waals surface area contributed by atoms with Crippen LogP contribution in [0, 0.1) is 11.3 Å². The Balaban J connectivity index is 1.16. The number of fused-ring (bicyclic) bond motifs is 1. The van der Waals surface area contributed by atoms with Crippen molar-refractivity contribution >= 4 is 22.9 Å². The fraction of sp³-hybridized carbons (Fsp3) is 0.286. The van der Waals surface area contributed by atoms with E-state index in [1.807, 2.05) is 65.7 Å². The van der Waals surface area contributed by atoms with Crippen molar-refractivity contribution in [3.05, 3.63) is 72.3 Å². The minimum Gasteiger partial charge on any atom is -0.497 e. The molecule has 0 atom stereocenters. The first-order chi connectivity index (χ1) is 18.1. The van der Waals surface area contributed by atoms with Crippen molar-refractivity contribution in [1.82, 2.24) is 24.5 Å². The van der Waals surface area contributed by atoms with Gasteiger partial charge in [0.05, 0.1) is 26.1 Å². The van der Waals surface area contributed by atoms with Crippen molar-refractivity contribution in [2.24, 2.45) is 0 Å². The number of benzene rings is 2. The van der Waals surface area contributed by atoms with Gasteiger partial charge in [0.15, 0.2) is 0 Å². The molecule has 0 unspecified atom stereocenters. The standard InChI is InChI=1S/C28H28N6O3/c1-36-23-10-7-21(8-11-23)28-30-26(37-31-28)20-32-15-17-33(18-16-32)27(35)12-9-22-19-34(14-4-13-29)25-6-3-2-5-24(22)25/h2-3,5-12,19H,4,14-18,20H2,1H3/b12-9+. The van der Waals surface area contributed by atoms with Crippen molar-refractivity contribution in [2.75, 3.05) is 33.3 Å². The quantitative estimate of drug-likeness (QED) is 0.340. The average Bonchev–Trinajstić information content (AvgIpc) is 3.56. The smallest absolute Gasteiger partial charge is 0.246 e. The summed E-state index contributed by atoms with van der Waals surface area (Å²) in [6.45, 7) is 3.89. The number of methoxy groups -OCH3 is 1. The number of carbonyl (C=O) groups excluding carboxylic acids is 1. The van der Waals surface area contributed by atoms with Crippen LogP contribution >= 0.6 is 0 Å². The van der Waals surface area contributed by atoms with Crippen molar-refractivity contribution in [1.29, 1.82) is 5.26 Å². The van der Waals surface area contributed by atoms with Gasteiger partial charge in [0.25, 0.3) is 0 Å². The van der Waals surface area contributed by atoms with Crippen LogP contribution in [-0.4, -0.2) is 63.7 Å². The summed E-state index contributed by atoms with van der Waals surface area (Å²) < 4.78 is 12.7.